The molecule has 5 heterocycles. The molecule has 4 aliphatic rings. The maximum atomic E-state index is 13.4. The second kappa shape index (κ2) is 14.1. The summed E-state index contributed by atoms with van der Waals surface area (Å²) in [7, 11) is -3.55. The van der Waals surface area contributed by atoms with E-state index >= 15 is 0 Å². The van der Waals surface area contributed by atoms with E-state index in [1.165, 1.54) is 6.20 Å². The molecule has 4 aromatic rings. The summed E-state index contributed by atoms with van der Waals surface area (Å²) in [5, 5.41) is 5.40. The molecule has 14 nitrogen and oxygen atoms in total. The molecule has 1 saturated heterocycles. The molecule has 15 heteroatoms. The summed E-state index contributed by atoms with van der Waals surface area (Å²) in [5.41, 5.74) is 3.64. The van der Waals surface area contributed by atoms with Gasteiger partial charge in [0.05, 0.1) is 17.4 Å². The molecule has 3 aromatic carbocycles. The number of carbonyl (C=O) groups excluding carboxylic acids is 4. The quantitative estimate of drug-likeness (QED) is 0.152. The van der Waals surface area contributed by atoms with E-state index in [0.29, 0.717) is 30.1 Å². The van der Waals surface area contributed by atoms with Gasteiger partial charge in [0.1, 0.15) is 30.3 Å². The van der Waals surface area contributed by atoms with Crippen molar-refractivity contribution >= 4 is 45.3 Å². The third-order valence-electron chi connectivity index (χ3n) is 9.45. The first-order chi connectivity index (χ1) is 24.9. The van der Waals surface area contributed by atoms with Crippen molar-refractivity contribution in [2.24, 2.45) is 0 Å². The van der Waals surface area contributed by atoms with Crippen molar-refractivity contribution in [3.05, 3.63) is 107 Å². The SMILES string of the molecule is CC1c2ccc(cc2)OC(Cc2ccnc(NS(C)(=O)=O)n2)C1c1ccc(OCCNc2cccc3c2C(=O)N(C2CCC(=O)NC2=O)C3=O)cc1. The Morgan fingerprint density at radius 3 is 2.44 bits per heavy atom. The van der Waals surface area contributed by atoms with Crippen LogP contribution in [-0.2, 0) is 26.0 Å². The molecular formula is C37H36N6O8S. The fourth-order valence-corrected chi connectivity index (χ4v) is 7.46. The largest absolute Gasteiger partial charge is 0.492 e. The van der Waals surface area contributed by atoms with Gasteiger partial charge < -0.3 is 14.8 Å². The van der Waals surface area contributed by atoms with Gasteiger partial charge in [-0.2, -0.15) is 0 Å². The summed E-state index contributed by atoms with van der Waals surface area (Å²) >= 11 is 0. The number of benzene rings is 3. The monoisotopic (exact) mass is 724 g/mol. The molecule has 4 aliphatic heterocycles. The van der Waals surface area contributed by atoms with Crippen molar-refractivity contribution in [1.29, 1.82) is 0 Å². The maximum Gasteiger partial charge on any atom is 0.264 e. The lowest BCUT2D eigenvalue weighted by molar-refractivity contribution is -0.136. The van der Waals surface area contributed by atoms with Crippen LogP contribution in [0.25, 0.3) is 0 Å². The highest BCUT2D eigenvalue weighted by Crippen LogP contribution is 2.41. The topological polar surface area (TPSA) is 186 Å². The number of anilines is 2. The van der Waals surface area contributed by atoms with E-state index in [2.05, 4.69) is 44.4 Å². The second-order valence-electron chi connectivity index (χ2n) is 13.0. The molecule has 0 saturated carbocycles. The average molecular weight is 725 g/mol. The van der Waals surface area contributed by atoms with Gasteiger partial charge in [0, 0.05) is 42.9 Å². The number of rotatable bonds is 11. The Morgan fingerprint density at radius 1 is 0.962 bits per heavy atom. The van der Waals surface area contributed by atoms with Crippen LogP contribution in [0.1, 0.15) is 69.1 Å². The molecular weight excluding hydrogens is 689 g/mol. The van der Waals surface area contributed by atoms with Gasteiger partial charge in [-0.3, -0.25) is 34.1 Å². The number of aromatic nitrogens is 2. The minimum atomic E-state index is -3.55. The van der Waals surface area contributed by atoms with Crippen LogP contribution >= 0.6 is 0 Å². The molecule has 1 fully saturated rings. The molecule has 8 rings (SSSR count). The van der Waals surface area contributed by atoms with Crippen molar-refractivity contribution in [3.8, 4) is 11.5 Å². The fourth-order valence-electron chi connectivity index (χ4n) is 7.03. The summed E-state index contributed by atoms with van der Waals surface area (Å²) in [4.78, 5) is 60.0. The molecule has 0 radical (unpaired) electrons. The van der Waals surface area contributed by atoms with Crippen molar-refractivity contribution < 1.29 is 37.1 Å². The summed E-state index contributed by atoms with van der Waals surface area (Å²) in [6, 6.07) is 21.4. The number of hydrogen-bond acceptors (Lipinski definition) is 11. The van der Waals surface area contributed by atoms with Crippen LogP contribution in [0.2, 0.25) is 0 Å². The van der Waals surface area contributed by atoms with E-state index in [4.69, 9.17) is 9.47 Å². The van der Waals surface area contributed by atoms with Gasteiger partial charge in [-0.25, -0.2) is 18.4 Å². The van der Waals surface area contributed by atoms with Gasteiger partial charge >= 0.3 is 0 Å². The molecule has 2 bridgehead atoms. The highest BCUT2D eigenvalue weighted by Gasteiger charge is 2.45. The average Bonchev–Trinajstić information content (AvgIpc) is 3.35. The standard InChI is InChI=1S/C37H36N6O8S/c1-21-22-6-12-26(13-7-22)51-30(20-24-16-17-39-37(40-24)42-52(2,48)49)32(21)23-8-10-25(11-9-23)50-19-18-38-28-5-3-4-27-33(28)36(47)43(35(27)46)29-14-15-31(44)41-34(29)45/h3-13,16-17,21,29-30,32,38H,14-15,18-20H2,1-2H3,(H,39,40,42)(H,41,44,45). The summed E-state index contributed by atoms with van der Waals surface area (Å²) in [6.07, 6.45) is 2.77. The first kappa shape index (κ1) is 34.6. The van der Waals surface area contributed by atoms with Crippen LogP contribution in [-0.4, -0.2) is 78.5 Å². The van der Waals surface area contributed by atoms with E-state index in [1.807, 2.05) is 36.4 Å². The number of carbonyl (C=O) groups is 4. The number of amides is 4. The zero-order chi connectivity index (χ0) is 36.6. The normalized spacial score (nSPS) is 21.2. The molecule has 4 unspecified atom stereocenters. The molecule has 0 aliphatic carbocycles. The van der Waals surface area contributed by atoms with Crippen LogP contribution in [0, 0.1) is 0 Å². The number of fused-ring (bicyclic) bond motifs is 6. The maximum absolute atomic E-state index is 13.4. The number of imide groups is 2. The van der Waals surface area contributed by atoms with E-state index in [0.717, 1.165) is 28.0 Å². The molecule has 3 N–H and O–H groups in total. The summed E-state index contributed by atoms with van der Waals surface area (Å²) in [5.74, 6) is -0.899. The molecule has 52 heavy (non-hydrogen) atoms. The number of piperidine rings is 1. The number of hydrogen-bond donors (Lipinski definition) is 3. The molecule has 4 atom stereocenters. The van der Waals surface area contributed by atoms with Gasteiger partial charge in [0.25, 0.3) is 11.8 Å². The minimum Gasteiger partial charge on any atom is -0.492 e. The van der Waals surface area contributed by atoms with Gasteiger partial charge in [-0.1, -0.05) is 37.3 Å². The highest BCUT2D eigenvalue weighted by molar-refractivity contribution is 7.92. The second-order valence-corrected chi connectivity index (χ2v) is 14.8. The fraction of sp³-hybridized carbons (Fsp3) is 0.297. The van der Waals surface area contributed by atoms with Gasteiger partial charge in [-0.15, -0.1) is 0 Å². The Bertz CT molecular complexity index is 2160. The van der Waals surface area contributed by atoms with Crippen LogP contribution < -0.4 is 24.8 Å². The molecule has 0 spiro atoms. The third-order valence-corrected chi connectivity index (χ3v) is 10.0. The number of sulfonamides is 1. The van der Waals surface area contributed by atoms with Crippen molar-refractivity contribution in [2.75, 3.05) is 29.4 Å². The van der Waals surface area contributed by atoms with Crippen molar-refractivity contribution in [1.82, 2.24) is 20.2 Å². The Balaban J connectivity index is 1.02. The Kier molecular flexibility index (Phi) is 9.36. The van der Waals surface area contributed by atoms with E-state index in [1.54, 1.807) is 24.3 Å². The highest BCUT2D eigenvalue weighted by atomic mass is 32.2. The summed E-state index contributed by atoms with van der Waals surface area (Å²) < 4.78 is 38.4. The summed E-state index contributed by atoms with van der Waals surface area (Å²) in [6.45, 7) is 2.71. The van der Waals surface area contributed by atoms with Crippen molar-refractivity contribution in [2.45, 2.75) is 50.2 Å². The van der Waals surface area contributed by atoms with E-state index in [-0.39, 0.29) is 54.5 Å². The number of ether oxygens (including phenoxy) is 2. The number of nitrogens with one attached hydrogen (secondary N) is 3. The first-order valence-electron chi connectivity index (χ1n) is 16.8. The predicted octanol–water partition coefficient (Wildman–Crippen LogP) is 3.63. The van der Waals surface area contributed by atoms with E-state index < -0.39 is 39.7 Å². The minimum absolute atomic E-state index is 0.000658. The first-order valence-corrected chi connectivity index (χ1v) is 18.7. The number of nitrogens with zero attached hydrogens (tertiary/aromatic N) is 3. The van der Waals surface area contributed by atoms with Crippen molar-refractivity contribution in [3.63, 3.8) is 0 Å². The Hall–Kier alpha value is -5.83. The lowest BCUT2D eigenvalue weighted by Crippen LogP contribution is -2.54. The van der Waals surface area contributed by atoms with Crippen LogP contribution in [0.4, 0.5) is 11.6 Å². The lowest BCUT2D eigenvalue weighted by Gasteiger charge is -2.35. The molecule has 268 valence electrons. The van der Waals surface area contributed by atoms with Gasteiger partial charge in [-0.05, 0) is 65.9 Å². The van der Waals surface area contributed by atoms with E-state index in [9.17, 15) is 27.6 Å². The molecule has 4 amide bonds. The Labute approximate surface area is 300 Å². The van der Waals surface area contributed by atoms with Crippen LogP contribution in [0.3, 0.4) is 0 Å². The zero-order valence-corrected chi connectivity index (χ0v) is 29.2. The zero-order valence-electron chi connectivity index (χ0n) is 28.4. The Morgan fingerprint density at radius 2 is 1.71 bits per heavy atom. The molecule has 1 aromatic heterocycles. The predicted molar refractivity (Wildman–Crippen MR) is 190 cm³/mol. The van der Waals surface area contributed by atoms with Gasteiger partial charge in [0.2, 0.25) is 27.8 Å². The van der Waals surface area contributed by atoms with Crippen LogP contribution in [0.5, 0.6) is 11.5 Å². The van der Waals surface area contributed by atoms with Crippen LogP contribution in [0.15, 0.2) is 79.0 Å². The van der Waals surface area contributed by atoms with Gasteiger partial charge in [0.15, 0.2) is 0 Å². The third kappa shape index (κ3) is 7.17. The lowest BCUT2D eigenvalue weighted by atomic mass is 9.77. The smallest absolute Gasteiger partial charge is 0.264 e.